The van der Waals surface area contributed by atoms with Crippen LogP contribution in [0.25, 0.3) is 6.08 Å². The van der Waals surface area contributed by atoms with Crippen molar-refractivity contribution in [1.82, 2.24) is 0 Å². The third-order valence-corrected chi connectivity index (χ3v) is 3.68. The van der Waals surface area contributed by atoms with E-state index < -0.39 is 5.97 Å². The number of ether oxygens (including phenoxy) is 3. The molecule has 0 spiro atoms. The van der Waals surface area contributed by atoms with E-state index in [0.29, 0.717) is 28.4 Å². The minimum Gasteiger partial charge on any atom is -0.496 e. The lowest BCUT2D eigenvalue weighted by Gasteiger charge is -2.14. The number of carboxylic acid groups (broad SMARTS) is 1. The molecule has 0 heterocycles. The topological polar surface area (TPSA) is 82.1 Å². The van der Waals surface area contributed by atoms with Gasteiger partial charge in [-0.3, -0.25) is 4.79 Å². The lowest BCUT2D eigenvalue weighted by Crippen LogP contribution is -2.02. The molecule has 0 bridgehead atoms. The number of Topliss-reactive ketones (excluding diaryl/α,β-unsaturated/α-hetero) is 1. The molecule has 0 fully saturated rings. The summed E-state index contributed by atoms with van der Waals surface area (Å²) in [6.07, 6.45) is 2.56. The summed E-state index contributed by atoms with van der Waals surface area (Å²) in [5.74, 6) is 0.491. The minimum absolute atomic E-state index is 0.0607. The zero-order valence-corrected chi connectivity index (χ0v) is 14.8. The monoisotopic (exact) mass is 356 g/mol. The smallest absolute Gasteiger partial charge is 0.328 e. The molecule has 6 heteroatoms. The van der Waals surface area contributed by atoms with E-state index >= 15 is 0 Å². The lowest BCUT2D eigenvalue weighted by molar-refractivity contribution is -0.131. The molecule has 0 atom stereocenters. The summed E-state index contributed by atoms with van der Waals surface area (Å²) >= 11 is 0. The molecular weight excluding hydrogens is 336 g/mol. The Morgan fingerprint density at radius 2 is 1.69 bits per heavy atom. The Bertz CT molecular complexity index is 838. The normalized spacial score (nSPS) is 10.6. The van der Waals surface area contributed by atoms with E-state index in [4.69, 9.17) is 19.3 Å². The SMILES string of the molecule is COc1ccc(C=CC(=O)O)cc1COc1ccc(C(C)=O)cc1OC. The number of carboxylic acids is 1. The molecule has 0 aliphatic heterocycles. The molecule has 136 valence electrons. The Balaban J connectivity index is 2.24. The summed E-state index contributed by atoms with van der Waals surface area (Å²) < 4.78 is 16.4. The van der Waals surface area contributed by atoms with Gasteiger partial charge in [0.15, 0.2) is 17.3 Å². The highest BCUT2D eigenvalue weighted by atomic mass is 16.5. The Labute approximate surface area is 151 Å². The number of rotatable bonds is 8. The number of carbonyl (C=O) groups excluding carboxylic acids is 1. The van der Waals surface area contributed by atoms with Gasteiger partial charge in [0.1, 0.15) is 12.4 Å². The first-order valence-electron chi connectivity index (χ1n) is 7.84. The van der Waals surface area contributed by atoms with Crippen LogP contribution in [0.1, 0.15) is 28.4 Å². The Hall–Kier alpha value is -3.28. The van der Waals surface area contributed by atoms with Gasteiger partial charge in [-0.25, -0.2) is 4.79 Å². The molecule has 26 heavy (non-hydrogen) atoms. The quantitative estimate of drug-likeness (QED) is 0.575. The molecule has 0 saturated heterocycles. The Morgan fingerprint density at radius 1 is 1.00 bits per heavy atom. The van der Waals surface area contributed by atoms with Gasteiger partial charge in [0, 0.05) is 17.2 Å². The Morgan fingerprint density at radius 3 is 2.31 bits per heavy atom. The van der Waals surface area contributed by atoms with Crippen molar-refractivity contribution in [1.29, 1.82) is 0 Å². The van der Waals surface area contributed by atoms with E-state index in [9.17, 15) is 9.59 Å². The zero-order valence-electron chi connectivity index (χ0n) is 14.8. The molecule has 0 unspecified atom stereocenters. The molecule has 0 amide bonds. The minimum atomic E-state index is -1.02. The van der Waals surface area contributed by atoms with Crippen LogP contribution in [-0.4, -0.2) is 31.1 Å². The third-order valence-electron chi connectivity index (χ3n) is 3.68. The van der Waals surface area contributed by atoms with Crippen molar-refractivity contribution in [3.63, 3.8) is 0 Å². The highest BCUT2D eigenvalue weighted by Gasteiger charge is 2.10. The highest BCUT2D eigenvalue weighted by molar-refractivity contribution is 5.94. The number of carbonyl (C=O) groups is 2. The average molecular weight is 356 g/mol. The van der Waals surface area contributed by atoms with E-state index in [1.807, 2.05) is 0 Å². The van der Waals surface area contributed by atoms with Gasteiger partial charge in [0.25, 0.3) is 0 Å². The summed E-state index contributed by atoms with van der Waals surface area (Å²) in [5.41, 5.74) is 2.00. The van der Waals surface area contributed by atoms with Crippen molar-refractivity contribution in [2.24, 2.45) is 0 Å². The van der Waals surface area contributed by atoms with Crippen LogP contribution >= 0.6 is 0 Å². The predicted octanol–water partition coefficient (Wildman–Crippen LogP) is 3.58. The van der Waals surface area contributed by atoms with Gasteiger partial charge in [-0.2, -0.15) is 0 Å². The molecule has 0 aliphatic carbocycles. The average Bonchev–Trinajstić information content (AvgIpc) is 2.64. The van der Waals surface area contributed by atoms with Gasteiger partial charge in [0.2, 0.25) is 0 Å². The molecule has 6 nitrogen and oxygen atoms in total. The number of methoxy groups -OCH3 is 2. The van der Waals surface area contributed by atoms with Crippen molar-refractivity contribution < 1.29 is 28.9 Å². The fourth-order valence-electron chi connectivity index (χ4n) is 2.34. The molecule has 0 radical (unpaired) electrons. The third kappa shape index (κ3) is 4.86. The maximum absolute atomic E-state index is 11.5. The van der Waals surface area contributed by atoms with Crippen LogP contribution in [0.4, 0.5) is 0 Å². The van der Waals surface area contributed by atoms with Crippen LogP contribution in [0, 0.1) is 0 Å². The second-order valence-electron chi connectivity index (χ2n) is 5.45. The predicted molar refractivity (Wildman–Crippen MR) is 97.0 cm³/mol. The van der Waals surface area contributed by atoms with Gasteiger partial charge >= 0.3 is 5.97 Å². The van der Waals surface area contributed by atoms with Crippen LogP contribution in [0.3, 0.4) is 0 Å². The summed E-state index contributed by atoms with van der Waals surface area (Å²) in [4.78, 5) is 22.1. The van der Waals surface area contributed by atoms with Crippen LogP contribution in [0.5, 0.6) is 17.2 Å². The molecule has 2 aromatic rings. The van der Waals surface area contributed by atoms with Gasteiger partial charge in [0.05, 0.1) is 14.2 Å². The van der Waals surface area contributed by atoms with Crippen LogP contribution in [0.15, 0.2) is 42.5 Å². The fraction of sp³-hybridized carbons (Fsp3) is 0.200. The van der Waals surface area contributed by atoms with E-state index in [-0.39, 0.29) is 12.4 Å². The van der Waals surface area contributed by atoms with Crippen molar-refractivity contribution in [2.45, 2.75) is 13.5 Å². The van der Waals surface area contributed by atoms with Crippen molar-refractivity contribution in [3.05, 3.63) is 59.2 Å². The number of benzene rings is 2. The molecule has 0 aliphatic rings. The Kier molecular flexibility index (Phi) is 6.38. The maximum Gasteiger partial charge on any atom is 0.328 e. The van der Waals surface area contributed by atoms with Crippen LogP contribution in [0.2, 0.25) is 0 Å². The summed E-state index contributed by atoms with van der Waals surface area (Å²) in [6.45, 7) is 1.67. The highest BCUT2D eigenvalue weighted by Crippen LogP contribution is 2.30. The van der Waals surface area contributed by atoms with Crippen LogP contribution in [-0.2, 0) is 11.4 Å². The molecule has 2 rings (SSSR count). The van der Waals surface area contributed by atoms with Crippen molar-refractivity contribution in [2.75, 3.05) is 14.2 Å². The van der Waals surface area contributed by atoms with E-state index in [1.54, 1.807) is 43.5 Å². The number of aliphatic carboxylic acids is 1. The second-order valence-corrected chi connectivity index (χ2v) is 5.45. The first-order chi connectivity index (χ1) is 12.4. The molecule has 0 saturated carbocycles. The summed E-state index contributed by atoms with van der Waals surface area (Å²) in [5, 5.41) is 8.74. The molecule has 1 N–H and O–H groups in total. The second kappa shape index (κ2) is 8.71. The largest absolute Gasteiger partial charge is 0.496 e. The van der Waals surface area contributed by atoms with Gasteiger partial charge in [-0.1, -0.05) is 6.07 Å². The van der Waals surface area contributed by atoms with Crippen LogP contribution < -0.4 is 14.2 Å². The molecular formula is C20H20O6. The molecule has 0 aromatic heterocycles. The van der Waals surface area contributed by atoms with E-state index in [2.05, 4.69) is 0 Å². The molecule has 2 aromatic carbocycles. The standard InChI is InChI=1S/C20H20O6/c1-13(21)15-6-8-18(19(11-15)25-3)26-12-16-10-14(5-9-20(22)23)4-7-17(16)24-2/h4-11H,12H2,1-3H3,(H,22,23). The van der Waals surface area contributed by atoms with E-state index in [1.165, 1.54) is 20.1 Å². The summed E-state index contributed by atoms with van der Waals surface area (Å²) in [6, 6.07) is 10.3. The number of hydrogen-bond donors (Lipinski definition) is 1. The zero-order chi connectivity index (χ0) is 19.1. The van der Waals surface area contributed by atoms with E-state index in [0.717, 1.165) is 11.6 Å². The number of hydrogen-bond acceptors (Lipinski definition) is 5. The first-order valence-corrected chi connectivity index (χ1v) is 7.84. The lowest BCUT2D eigenvalue weighted by atomic mass is 10.1. The fourth-order valence-corrected chi connectivity index (χ4v) is 2.34. The van der Waals surface area contributed by atoms with Gasteiger partial charge < -0.3 is 19.3 Å². The van der Waals surface area contributed by atoms with Gasteiger partial charge in [-0.05, 0) is 48.9 Å². The van der Waals surface area contributed by atoms with Gasteiger partial charge in [-0.15, -0.1) is 0 Å². The van der Waals surface area contributed by atoms with Crippen molar-refractivity contribution >= 4 is 17.8 Å². The van der Waals surface area contributed by atoms with Crippen molar-refractivity contribution in [3.8, 4) is 17.2 Å². The number of ketones is 1. The first kappa shape index (κ1) is 19.1. The summed E-state index contributed by atoms with van der Waals surface area (Å²) in [7, 11) is 3.05. The maximum atomic E-state index is 11.5.